The molecule has 0 unspecified atom stereocenters. The molecule has 1 aromatic rings. The first-order valence-electron chi connectivity index (χ1n) is 6.28. The number of halogens is 1. The lowest BCUT2D eigenvalue weighted by atomic mass is 10.2. The zero-order valence-corrected chi connectivity index (χ0v) is 12.5. The van der Waals surface area contributed by atoms with Crippen LogP contribution in [0.4, 0.5) is 4.39 Å². The quantitative estimate of drug-likeness (QED) is 0.713. The Balaban J connectivity index is 3.16. The molecule has 0 N–H and O–H groups in total. The van der Waals surface area contributed by atoms with E-state index in [4.69, 9.17) is 13.3 Å². The molecule has 0 bridgehead atoms. The number of benzene rings is 1. The van der Waals surface area contributed by atoms with Gasteiger partial charge in [0, 0.05) is 25.0 Å². The van der Waals surface area contributed by atoms with E-state index < -0.39 is 8.80 Å². The fraction of sp³-hybridized carbons (Fsp3) is 0.538. The topological polar surface area (TPSA) is 27.7 Å². The highest BCUT2D eigenvalue weighted by Gasteiger charge is 2.43. The molecular weight excluding hydrogens is 251 g/mol. The predicted molar refractivity (Wildman–Crippen MR) is 71.4 cm³/mol. The summed E-state index contributed by atoms with van der Waals surface area (Å²) in [5.41, 5.74) is 0.573. The van der Waals surface area contributed by atoms with E-state index in [1.54, 1.807) is 19.1 Å². The highest BCUT2D eigenvalue weighted by molar-refractivity contribution is 6.75. The van der Waals surface area contributed by atoms with Crippen LogP contribution in [0.1, 0.15) is 26.3 Å². The Bertz CT molecular complexity index is 367. The molecule has 0 spiro atoms. The lowest BCUT2D eigenvalue weighted by molar-refractivity contribution is 0.0859. The summed E-state index contributed by atoms with van der Waals surface area (Å²) in [6.45, 7) is 8.93. The molecule has 18 heavy (non-hydrogen) atoms. The highest BCUT2D eigenvalue weighted by Crippen LogP contribution is 2.13. The third-order valence-corrected chi connectivity index (χ3v) is 5.54. The number of hydrogen-bond acceptors (Lipinski definition) is 3. The minimum Gasteiger partial charge on any atom is -0.370 e. The van der Waals surface area contributed by atoms with Crippen molar-refractivity contribution in [2.75, 3.05) is 19.8 Å². The van der Waals surface area contributed by atoms with Crippen LogP contribution in [0.25, 0.3) is 0 Å². The molecule has 1 aromatic carbocycles. The second kappa shape index (κ2) is 6.99. The summed E-state index contributed by atoms with van der Waals surface area (Å²) in [5, 5.41) is 0.812. The molecule has 102 valence electrons. The van der Waals surface area contributed by atoms with Crippen molar-refractivity contribution in [1.82, 2.24) is 0 Å². The zero-order valence-electron chi connectivity index (χ0n) is 11.5. The fourth-order valence-corrected chi connectivity index (χ4v) is 4.35. The van der Waals surface area contributed by atoms with Gasteiger partial charge in [-0.25, -0.2) is 4.39 Å². The van der Waals surface area contributed by atoms with Crippen LogP contribution in [-0.4, -0.2) is 28.6 Å². The number of aryl methyl sites for hydroxylation is 1. The first-order valence-corrected chi connectivity index (χ1v) is 8.00. The van der Waals surface area contributed by atoms with Crippen molar-refractivity contribution in [2.45, 2.75) is 27.7 Å². The summed E-state index contributed by atoms with van der Waals surface area (Å²) in [6, 6.07) is 4.88. The summed E-state index contributed by atoms with van der Waals surface area (Å²) in [4.78, 5) is 0. The van der Waals surface area contributed by atoms with Crippen molar-refractivity contribution in [3.8, 4) is 0 Å². The molecule has 0 aliphatic carbocycles. The Morgan fingerprint density at radius 1 is 1.00 bits per heavy atom. The monoisotopic (exact) mass is 272 g/mol. The van der Waals surface area contributed by atoms with Crippen LogP contribution in [-0.2, 0) is 13.3 Å². The third-order valence-electron chi connectivity index (χ3n) is 2.51. The van der Waals surface area contributed by atoms with Crippen molar-refractivity contribution in [2.24, 2.45) is 0 Å². The smallest absolute Gasteiger partial charge is 0.370 e. The highest BCUT2D eigenvalue weighted by atomic mass is 28.4. The molecule has 0 fully saturated rings. The van der Waals surface area contributed by atoms with Gasteiger partial charge in [0.15, 0.2) is 0 Å². The van der Waals surface area contributed by atoms with Gasteiger partial charge in [-0.1, -0.05) is 6.07 Å². The maximum atomic E-state index is 13.3. The van der Waals surface area contributed by atoms with E-state index in [0.29, 0.717) is 25.4 Å². The molecule has 0 saturated carbocycles. The lowest BCUT2D eigenvalue weighted by Gasteiger charge is -2.28. The molecule has 0 amide bonds. The van der Waals surface area contributed by atoms with E-state index in [9.17, 15) is 4.39 Å². The van der Waals surface area contributed by atoms with Crippen LogP contribution in [0.2, 0.25) is 0 Å². The van der Waals surface area contributed by atoms with Crippen molar-refractivity contribution in [3.63, 3.8) is 0 Å². The summed E-state index contributed by atoms with van der Waals surface area (Å²) in [7, 11) is -2.89. The van der Waals surface area contributed by atoms with Gasteiger partial charge in [-0.15, -0.1) is 0 Å². The van der Waals surface area contributed by atoms with Gasteiger partial charge in [-0.2, -0.15) is 0 Å². The molecule has 1 rings (SSSR count). The molecule has 3 nitrogen and oxygen atoms in total. The van der Waals surface area contributed by atoms with E-state index in [2.05, 4.69) is 0 Å². The fourth-order valence-electron chi connectivity index (χ4n) is 1.78. The van der Waals surface area contributed by atoms with Gasteiger partial charge >= 0.3 is 8.80 Å². The van der Waals surface area contributed by atoms with Crippen LogP contribution in [0, 0.1) is 12.7 Å². The van der Waals surface area contributed by atoms with Crippen molar-refractivity contribution < 1.29 is 17.7 Å². The normalized spacial score (nSPS) is 11.8. The van der Waals surface area contributed by atoms with Crippen LogP contribution in [0.3, 0.4) is 0 Å². The van der Waals surface area contributed by atoms with E-state index in [1.165, 1.54) is 6.07 Å². The second-order valence-electron chi connectivity index (χ2n) is 3.82. The molecule has 0 atom stereocenters. The van der Waals surface area contributed by atoms with E-state index in [0.717, 1.165) is 5.19 Å². The average Bonchev–Trinajstić information content (AvgIpc) is 2.33. The van der Waals surface area contributed by atoms with E-state index in [-0.39, 0.29) is 5.82 Å². The average molecular weight is 272 g/mol. The van der Waals surface area contributed by atoms with Crippen molar-refractivity contribution in [1.29, 1.82) is 0 Å². The van der Waals surface area contributed by atoms with E-state index >= 15 is 0 Å². The summed E-state index contributed by atoms with van der Waals surface area (Å²) < 4.78 is 30.6. The molecule has 0 saturated heterocycles. The van der Waals surface area contributed by atoms with Gasteiger partial charge in [0.2, 0.25) is 0 Å². The Morgan fingerprint density at radius 3 is 1.89 bits per heavy atom. The maximum absolute atomic E-state index is 13.3. The Labute approximate surface area is 109 Å². The maximum Gasteiger partial charge on any atom is 0.537 e. The van der Waals surface area contributed by atoms with Crippen molar-refractivity contribution in [3.05, 3.63) is 29.6 Å². The first-order chi connectivity index (χ1) is 8.59. The summed E-state index contributed by atoms with van der Waals surface area (Å²) in [5.74, 6) is -0.230. The van der Waals surface area contributed by atoms with Gasteiger partial charge in [0.05, 0.1) is 0 Å². The predicted octanol–water partition coefficient (Wildman–Crippen LogP) is 2.39. The largest absolute Gasteiger partial charge is 0.537 e. The molecule has 0 aliphatic rings. The molecular formula is C13H21FO3Si. The molecule has 0 aliphatic heterocycles. The van der Waals surface area contributed by atoms with Crippen LogP contribution < -0.4 is 5.19 Å². The number of hydrogen-bond donors (Lipinski definition) is 0. The van der Waals surface area contributed by atoms with Crippen LogP contribution in [0.15, 0.2) is 18.2 Å². The standard InChI is InChI=1S/C13H21FO3Si/c1-5-15-18(16-6-2,17-7-3)12-8-9-13(14)11(4)10-12/h8-10H,5-7H2,1-4H3. The minimum absolute atomic E-state index is 0.230. The third kappa shape index (κ3) is 3.38. The summed E-state index contributed by atoms with van der Waals surface area (Å²) in [6.07, 6.45) is 0. The lowest BCUT2D eigenvalue weighted by Crippen LogP contribution is -2.57. The van der Waals surface area contributed by atoms with Gasteiger partial charge in [-0.05, 0) is 45.4 Å². The number of rotatable bonds is 7. The van der Waals surface area contributed by atoms with Crippen molar-refractivity contribution >= 4 is 14.0 Å². The Kier molecular flexibility index (Phi) is 5.94. The Hall–Kier alpha value is -0.753. The summed E-state index contributed by atoms with van der Waals surface area (Å²) >= 11 is 0. The van der Waals surface area contributed by atoms with Gasteiger partial charge in [0.25, 0.3) is 0 Å². The zero-order chi connectivity index (χ0) is 13.6. The van der Waals surface area contributed by atoms with Gasteiger partial charge in [0.1, 0.15) is 5.82 Å². The SMILES string of the molecule is CCO[Si](OCC)(OCC)c1ccc(F)c(C)c1. The molecule has 0 radical (unpaired) electrons. The van der Waals surface area contributed by atoms with E-state index in [1.807, 2.05) is 20.8 Å². The van der Waals surface area contributed by atoms with Gasteiger partial charge < -0.3 is 13.3 Å². The molecule has 5 heteroatoms. The van der Waals surface area contributed by atoms with Gasteiger partial charge in [-0.3, -0.25) is 0 Å². The minimum atomic E-state index is -2.89. The second-order valence-corrected chi connectivity index (χ2v) is 6.37. The Morgan fingerprint density at radius 2 is 1.50 bits per heavy atom. The van der Waals surface area contributed by atoms with Crippen LogP contribution >= 0.6 is 0 Å². The molecule has 0 heterocycles. The molecule has 0 aromatic heterocycles. The first kappa shape index (κ1) is 15.3. The van der Waals surface area contributed by atoms with Crippen LogP contribution in [0.5, 0.6) is 0 Å².